The van der Waals surface area contributed by atoms with E-state index < -0.39 is 0 Å². The maximum absolute atomic E-state index is 7.04. The zero-order valence-corrected chi connectivity index (χ0v) is 6.40. The summed E-state index contributed by atoms with van der Waals surface area (Å²) in [6.07, 6.45) is 7.16. The van der Waals surface area contributed by atoms with Gasteiger partial charge in [0.05, 0.1) is 0 Å². The molecule has 1 nitrogen and oxygen atoms in total. The van der Waals surface area contributed by atoms with Crippen LogP contribution in [-0.2, 0) is 0 Å². The Hall–Kier alpha value is -0.0400. The molecule has 0 saturated carbocycles. The van der Waals surface area contributed by atoms with Crippen molar-refractivity contribution in [2.24, 2.45) is 5.73 Å². The Morgan fingerprint density at radius 3 is 2.22 bits per heavy atom. The normalized spacial score (nSPS) is 15.1. The van der Waals surface area contributed by atoms with Gasteiger partial charge in [0.1, 0.15) is 0 Å². The van der Waals surface area contributed by atoms with E-state index in [2.05, 4.69) is 6.92 Å². The van der Waals surface area contributed by atoms with Gasteiger partial charge >= 0.3 is 0 Å². The fraction of sp³-hybridized carbons (Fsp3) is 1.00. The van der Waals surface area contributed by atoms with E-state index in [9.17, 15) is 0 Å². The Morgan fingerprint density at radius 1 is 1.11 bits per heavy atom. The highest BCUT2D eigenvalue weighted by molar-refractivity contribution is 4.43. The first-order valence-corrected chi connectivity index (χ1v) is 3.95. The van der Waals surface area contributed by atoms with Crippen molar-refractivity contribution in [1.82, 2.24) is 0 Å². The summed E-state index contributed by atoms with van der Waals surface area (Å²) in [5.41, 5.74) is 5.27. The minimum absolute atomic E-state index is 0.346. The van der Waals surface area contributed by atoms with E-state index in [1.807, 2.05) is 0 Å². The second kappa shape index (κ2) is 7.96. The Kier molecular flexibility index (Phi) is 6.25. The number of hydrogen-bond donors (Lipinski definition) is 1. The quantitative estimate of drug-likeness (QED) is 0.548. The van der Waals surface area contributed by atoms with Gasteiger partial charge < -0.3 is 5.73 Å². The molecule has 1 atom stereocenters. The average Bonchev–Trinajstić information content (AvgIpc) is 1.87. The van der Waals surface area contributed by atoms with Crippen LogP contribution in [0.3, 0.4) is 0 Å². The van der Waals surface area contributed by atoms with E-state index in [-0.39, 0.29) is 6.52 Å². The van der Waals surface area contributed by atoms with E-state index in [0.717, 1.165) is 12.8 Å². The predicted octanol–water partition coefficient (Wildman–Crippen LogP) is 2.31. The number of nitrogens with two attached hydrogens (primary N) is 1. The molecule has 0 rings (SSSR count). The summed E-state index contributed by atoms with van der Waals surface area (Å²) in [7, 11) is 0. The molecule has 0 aromatic carbocycles. The molecule has 9 heavy (non-hydrogen) atoms. The van der Waals surface area contributed by atoms with Crippen LogP contribution < -0.4 is 5.73 Å². The molecule has 0 aromatic rings. The standard InChI is InChI=1S/C8H19N/c1-2-3-4-5-6-7-8-9/h2-9H2,1H3/i8D/t8-/m0/s1. The summed E-state index contributed by atoms with van der Waals surface area (Å²) in [6.45, 7) is 1.86. The monoisotopic (exact) mass is 130 g/mol. The van der Waals surface area contributed by atoms with Crippen molar-refractivity contribution in [3.8, 4) is 0 Å². The van der Waals surface area contributed by atoms with E-state index in [1.54, 1.807) is 0 Å². The molecule has 56 valence electrons. The minimum Gasteiger partial charge on any atom is -0.330 e. The second-order valence-corrected chi connectivity index (χ2v) is 2.44. The largest absolute Gasteiger partial charge is 0.330 e. The predicted molar refractivity (Wildman–Crippen MR) is 42.4 cm³/mol. The molecule has 0 heterocycles. The van der Waals surface area contributed by atoms with Gasteiger partial charge in [0.2, 0.25) is 0 Å². The van der Waals surface area contributed by atoms with Gasteiger partial charge in [0, 0.05) is 1.37 Å². The lowest BCUT2D eigenvalue weighted by atomic mass is 10.1. The van der Waals surface area contributed by atoms with Crippen LogP contribution in [0.25, 0.3) is 0 Å². The van der Waals surface area contributed by atoms with Crippen molar-refractivity contribution in [2.45, 2.75) is 45.4 Å². The summed E-state index contributed by atoms with van der Waals surface area (Å²) in [5, 5.41) is 0. The molecule has 0 unspecified atom stereocenters. The molecule has 0 amide bonds. The summed E-state index contributed by atoms with van der Waals surface area (Å²) in [5.74, 6) is 0. The SMILES string of the molecule is [2H][C@H](N)CCCCCCC. The molecule has 0 aliphatic rings. The highest BCUT2D eigenvalue weighted by Gasteiger charge is 1.85. The highest BCUT2D eigenvalue weighted by Crippen LogP contribution is 2.03. The van der Waals surface area contributed by atoms with E-state index >= 15 is 0 Å². The Labute approximate surface area is 60.0 Å². The zero-order chi connectivity index (χ0) is 7.82. The van der Waals surface area contributed by atoms with Crippen LogP contribution in [0, 0.1) is 0 Å². The third-order valence-electron chi connectivity index (χ3n) is 1.47. The average molecular weight is 130 g/mol. The van der Waals surface area contributed by atoms with E-state index in [4.69, 9.17) is 7.10 Å². The van der Waals surface area contributed by atoms with Crippen molar-refractivity contribution in [1.29, 1.82) is 0 Å². The first-order chi connectivity index (χ1) is 4.77. The number of hydrogen-bond acceptors (Lipinski definition) is 1. The van der Waals surface area contributed by atoms with Crippen molar-refractivity contribution < 1.29 is 1.37 Å². The molecule has 0 aliphatic carbocycles. The van der Waals surface area contributed by atoms with Crippen molar-refractivity contribution >= 4 is 0 Å². The van der Waals surface area contributed by atoms with Gasteiger partial charge in [0.25, 0.3) is 0 Å². The van der Waals surface area contributed by atoms with Gasteiger partial charge in [0.15, 0.2) is 0 Å². The van der Waals surface area contributed by atoms with E-state index in [0.29, 0.717) is 0 Å². The molecule has 0 aliphatic heterocycles. The molecular weight excluding hydrogens is 110 g/mol. The lowest BCUT2D eigenvalue weighted by molar-refractivity contribution is 0.612. The zero-order valence-electron chi connectivity index (χ0n) is 7.40. The third kappa shape index (κ3) is 7.96. The minimum atomic E-state index is -0.346. The Bertz CT molecular complexity index is 64.3. The summed E-state index contributed by atoms with van der Waals surface area (Å²) < 4.78 is 7.04. The second-order valence-electron chi connectivity index (χ2n) is 2.44. The molecule has 1 heteroatoms. The fourth-order valence-corrected chi connectivity index (χ4v) is 0.866. The number of unbranched alkanes of at least 4 members (excludes halogenated alkanes) is 4. The summed E-state index contributed by atoms with van der Waals surface area (Å²) in [6, 6.07) is 0. The first kappa shape index (κ1) is 7.07. The molecule has 0 bridgehead atoms. The van der Waals surface area contributed by atoms with Crippen LogP contribution in [0.15, 0.2) is 0 Å². The van der Waals surface area contributed by atoms with Crippen LogP contribution in [-0.4, -0.2) is 6.52 Å². The maximum Gasteiger partial charge on any atom is 0.0425 e. The molecule has 2 N–H and O–H groups in total. The van der Waals surface area contributed by atoms with Crippen LogP contribution >= 0.6 is 0 Å². The van der Waals surface area contributed by atoms with Crippen LogP contribution in [0.2, 0.25) is 0 Å². The third-order valence-corrected chi connectivity index (χ3v) is 1.47. The molecule has 0 saturated heterocycles. The molecule has 0 fully saturated rings. The van der Waals surface area contributed by atoms with Gasteiger partial charge in [-0.2, -0.15) is 0 Å². The van der Waals surface area contributed by atoms with Crippen molar-refractivity contribution in [3.05, 3.63) is 0 Å². The van der Waals surface area contributed by atoms with Crippen LogP contribution in [0.1, 0.15) is 46.8 Å². The topological polar surface area (TPSA) is 26.0 Å². The van der Waals surface area contributed by atoms with Gasteiger partial charge in [-0.15, -0.1) is 0 Å². The lowest BCUT2D eigenvalue weighted by Crippen LogP contribution is -1.97. The smallest absolute Gasteiger partial charge is 0.0425 e. The van der Waals surface area contributed by atoms with Crippen LogP contribution in [0.5, 0.6) is 0 Å². The summed E-state index contributed by atoms with van der Waals surface area (Å²) in [4.78, 5) is 0. The van der Waals surface area contributed by atoms with Gasteiger partial charge in [-0.25, -0.2) is 0 Å². The highest BCUT2D eigenvalue weighted by atomic mass is 14.5. The number of rotatable bonds is 6. The van der Waals surface area contributed by atoms with Gasteiger partial charge in [-0.05, 0) is 12.9 Å². The van der Waals surface area contributed by atoms with Gasteiger partial charge in [-0.3, -0.25) is 0 Å². The fourth-order valence-electron chi connectivity index (χ4n) is 0.866. The Balaban J connectivity index is 2.77. The Morgan fingerprint density at radius 2 is 1.67 bits per heavy atom. The molecular formula is C8H19N. The summed E-state index contributed by atoms with van der Waals surface area (Å²) >= 11 is 0. The van der Waals surface area contributed by atoms with Crippen molar-refractivity contribution in [2.75, 3.05) is 6.52 Å². The van der Waals surface area contributed by atoms with Gasteiger partial charge in [-0.1, -0.05) is 39.0 Å². The molecule has 0 spiro atoms. The molecule has 0 aromatic heterocycles. The first-order valence-electron chi connectivity index (χ1n) is 4.53. The van der Waals surface area contributed by atoms with Crippen LogP contribution in [0.4, 0.5) is 0 Å². The maximum atomic E-state index is 7.04. The van der Waals surface area contributed by atoms with E-state index in [1.165, 1.54) is 25.7 Å². The lowest BCUT2D eigenvalue weighted by Gasteiger charge is -1.96. The molecule has 0 radical (unpaired) electrons. The van der Waals surface area contributed by atoms with Crippen molar-refractivity contribution in [3.63, 3.8) is 0 Å².